The van der Waals surface area contributed by atoms with E-state index in [2.05, 4.69) is 20.8 Å². The van der Waals surface area contributed by atoms with Crippen molar-refractivity contribution in [2.45, 2.75) is 46.6 Å². The minimum Gasteiger partial charge on any atom is -0.465 e. The fraction of sp³-hybridized carbons (Fsp3) is 0.900. The van der Waals surface area contributed by atoms with E-state index >= 15 is 0 Å². The number of hydrogen-bond acceptors (Lipinski definition) is 3. The molecule has 0 fully saturated rings. The Morgan fingerprint density at radius 2 is 2.08 bits per heavy atom. The van der Waals surface area contributed by atoms with Crippen molar-refractivity contribution in [2.24, 2.45) is 11.1 Å². The lowest BCUT2D eigenvalue weighted by Gasteiger charge is -2.22. The second-order valence-corrected chi connectivity index (χ2v) is 4.22. The maximum atomic E-state index is 11.0. The van der Waals surface area contributed by atoms with Crippen molar-refractivity contribution >= 4 is 5.97 Å². The van der Waals surface area contributed by atoms with Gasteiger partial charge >= 0.3 is 5.97 Å². The van der Waals surface area contributed by atoms with Crippen molar-refractivity contribution in [3.63, 3.8) is 0 Å². The maximum absolute atomic E-state index is 11.0. The fourth-order valence-electron chi connectivity index (χ4n) is 0.736. The monoisotopic (exact) mass is 187 g/mol. The number of ether oxygens (including phenoxy) is 1. The van der Waals surface area contributed by atoms with Gasteiger partial charge in [0.2, 0.25) is 0 Å². The summed E-state index contributed by atoms with van der Waals surface area (Å²) in [4.78, 5) is 11.0. The predicted molar refractivity (Wildman–Crippen MR) is 53.3 cm³/mol. The molecule has 0 saturated carbocycles. The summed E-state index contributed by atoms with van der Waals surface area (Å²) < 4.78 is 4.98. The molecule has 0 aromatic heterocycles. The van der Waals surface area contributed by atoms with Gasteiger partial charge in [0.1, 0.15) is 6.04 Å². The van der Waals surface area contributed by atoms with Crippen molar-refractivity contribution in [3.05, 3.63) is 0 Å². The molecule has 0 aromatic rings. The molecule has 0 rings (SSSR count). The molecule has 0 bridgehead atoms. The smallest absolute Gasteiger partial charge is 0.322 e. The highest BCUT2D eigenvalue weighted by Crippen LogP contribution is 2.23. The summed E-state index contributed by atoms with van der Waals surface area (Å²) >= 11 is 0. The van der Waals surface area contributed by atoms with Crippen LogP contribution in [0.15, 0.2) is 0 Å². The summed E-state index contributed by atoms with van der Waals surface area (Å²) in [6, 6.07) is -0.510. The molecule has 78 valence electrons. The molecule has 2 N–H and O–H groups in total. The Labute approximate surface area is 80.6 Å². The standard InChI is InChI=1S/C10H21NO2/c1-5-10(3,4)6-7-13-9(12)8(2)11/h8H,5-7,11H2,1-4H3/t8-/m0/s1. The second kappa shape index (κ2) is 5.22. The van der Waals surface area contributed by atoms with E-state index in [1.165, 1.54) is 0 Å². The number of esters is 1. The van der Waals surface area contributed by atoms with Gasteiger partial charge in [0.25, 0.3) is 0 Å². The number of rotatable bonds is 5. The van der Waals surface area contributed by atoms with E-state index in [0.29, 0.717) is 6.61 Å². The van der Waals surface area contributed by atoms with E-state index in [0.717, 1.165) is 12.8 Å². The molecule has 13 heavy (non-hydrogen) atoms. The van der Waals surface area contributed by atoms with Crippen molar-refractivity contribution < 1.29 is 9.53 Å². The van der Waals surface area contributed by atoms with Gasteiger partial charge in [0.05, 0.1) is 6.61 Å². The Balaban J connectivity index is 3.62. The van der Waals surface area contributed by atoms with Crippen molar-refractivity contribution in [1.29, 1.82) is 0 Å². The molecule has 0 radical (unpaired) electrons. The fourth-order valence-corrected chi connectivity index (χ4v) is 0.736. The zero-order valence-corrected chi connectivity index (χ0v) is 9.09. The SMILES string of the molecule is CCC(C)(C)CCOC(=O)[C@H](C)N. The molecule has 0 unspecified atom stereocenters. The summed E-state index contributed by atoms with van der Waals surface area (Å²) in [5.74, 6) is -0.313. The van der Waals surface area contributed by atoms with Gasteiger partial charge in [-0.2, -0.15) is 0 Å². The molecule has 1 atom stereocenters. The number of nitrogens with two attached hydrogens (primary N) is 1. The van der Waals surface area contributed by atoms with Crippen molar-refractivity contribution in [3.8, 4) is 0 Å². The molecule has 3 heteroatoms. The van der Waals surface area contributed by atoms with Crippen LogP contribution in [0.3, 0.4) is 0 Å². The summed E-state index contributed by atoms with van der Waals surface area (Å²) in [5.41, 5.74) is 5.59. The lowest BCUT2D eigenvalue weighted by atomic mass is 9.87. The number of hydrogen-bond donors (Lipinski definition) is 1. The highest BCUT2D eigenvalue weighted by Gasteiger charge is 2.16. The lowest BCUT2D eigenvalue weighted by Crippen LogP contribution is -2.29. The molecule has 0 aliphatic heterocycles. The first-order valence-corrected chi connectivity index (χ1v) is 4.81. The largest absolute Gasteiger partial charge is 0.465 e. The van der Waals surface area contributed by atoms with E-state index in [9.17, 15) is 4.79 Å². The molecule has 0 aromatic carbocycles. The molecular weight excluding hydrogens is 166 g/mol. The van der Waals surface area contributed by atoms with Gasteiger partial charge in [-0.1, -0.05) is 27.2 Å². The Morgan fingerprint density at radius 1 is 1.54 bits per heavy atom. The average Bonchev–Trinajstić information content (AvgIpc) is 2.04. The average molecular weight is 187 g/mol. The molecule has 3 nitrogen and oxygen atoms in total. The van der Waals surface area contributed by atoms with Crippen LogP contribution in [-0.4, -0.2) is 18.6 Å². The Morgan fingerprint density at radius 3 is 2.46 bits per heavy atom. The van der Waals surface area contributed by atoms with Crippen LogP contribution in [0.1, 0.15) is 40.5 Å². The summed E-state index contributed by atoms with van der Waals surface area (Å²) in [5, 5.41) is 0. The Hall–Kier alpha value is -0.570. The van der Waals surface area contributed by atoms with E-state index in [1.807, 2.05) is 0 Å². The normalized spacial score (nSPS) is 13.9. The minimum absolute atomic E-state index is 0.248. The number of carbonyl (C=O) groups is 1. The van der Waals surface area contributed by atoms with Crippen LogP contribution in [0.25, 0.3) is 0 Å². The van der Waals surface area contributed by atoms with Crippen LogP contribution in [0.5, 0.6) is 0 Å². The van der Waals surface area contributed by atoms with Crippen LogP contribution in [0, 0.1) is 5.41 Å². The first-order valence-electron chi connectivity index (χ1n) is 4.81. The Kier molecular flexibility index (Phi) is 4.99. The third kappa shape index (κ3) is 5.64. The second-order valence-electron chi connectivity index (χ2n) is 4.22. The first-order chi connectivity index (χ1) is 5.89. The van der Waals surface area contributed by atoms with Crippen molar-refractivity contribution in [1.82, 2.24) is 0 Å². The third-order valence-electron chi connectivity index (χ3n) is 2.35. The van der Waals surface area contributed by atoms with E-state index in [4.69, 9.17) is 10.5 Å². The topological polar surface area (TPSA) is 52.3 Å². The summed E-state index contributed by atoms with van der Waals surface area (Å²) in [6.45, 7) is 8.56. The zero-order valence-electron chi connectivity index (χ0n) is 9.09. The van der Waals surface area contributed by atoms with Gasteiger partial charge in [0.15, 0.2) is 0 Å². The van der Waals surface area contributed by atoms with E-state index < -0.39 is 6.04 Å². The quantitative estimate of drug-likeness (QED) is 0.666. The zero-order chi connectivity index (χ0) is 10.5. The Bertz CT molecular complexity index is 164. The molecular formula is C10H21NO2. The molecule has 0 heterocycles. The molecule has 0 aliphatic rings. The minimum atomic E-state index is -0.510. The van der Waals surface area contributed by atoms with Crippen LogP contribution >= 0.6 is 0 Å². The van der Waals surface area contributed by atoms with Gasteiger partial charge in [-0.3, -0.25) is 4.79 Å². The molecule has 0 spiro atoms. The van der Waals surface area contributed by atoms with Gasteiger partial charge in [-0.15, -0.1) is 0 Å². The van der Waals surface area contributed by atoms with E-state index in [1.54, 1.807) is 6.92 Å². The molecule has 0 amide bonds. The molecule has 0 saturated heterocycles. The number of carbonyl (C=O) groups excluding carboxylic acids is 1. The van der Waals surface area contributed by atoms with Crippen molar-refractivity contribution in [2.75, 3.05) is 6.61 Å². The lowest BCUT2D eigenvalue weighted by molar-refractivity contribution is -0.145. The third-order valence-corrected chi connectivity index (χ3v) is 2.35. The predicted octanol–water partition coefficient (Wildman–Crippen LogP) is 1.70. The van der Waals surface area contributed by atoms with Crippen LogP contribution < -0.4 is 5.73 Å². The highest BCUT2D eigenvalue weighted by atomic mass is 16.5. The van der Waals surface area contributed by atoms with Gasteiger partial charge in [-0.25, -0.2) is 0 Å². The molecule has 0 aliphatic carbocycles. The summed E-state index contributed by atoms with van der Waals surface area (Å²) in [7, 11) is 0. The summed E-state index contributed by atoms with van der Waals surface area (Å²) in [6.07, 6.45) is 1.98. The van der Waals surface area contributed by atoms with Crippen LogP contribution in [0.2, 0.25) is 0 Å². The van der Waals surface area contributed by atoms with Crippen LogP contribution in [-0.2, 0) is 9.53 Å². The van der Waals surface area contributed by atoms with E-state index in [-0.39, 0.29) is 11.4 Å². The first kappa shape index (κ1) is 12.4. The van der Waals surface area contributed by atoms with Gasteiger partial charge in [0, 0.05) is 0 Å². The van der Waals surface area contributed by atoms with Gasteiger partial charge in [-0.05, 0) is 18.8 Å². The van der Waals surface area contributed by atoms with Gasteiger partial charge < -0.3 is 10.5 Å². The maximum Gasteiger partial charge on any atom is 0.322 e. The van der Waals surface area contributed by atoms with Crippen LogP contribution in [0.4, 0.5) is 0 Å². The highest BCUT2D eigenvalue weighted by molar-refractivity contribution is 5.74.